The smallest absolute Gasteiger partial charge is 0.229 e. The van der Waals surface area contributed by atoms with E-state index in [4.69, 9.17) is 5.73 Å². The van der Waals surface area contributed by atoms with E-state index in [9.17, 15) is 9.59 Å². The van der Waals surface area contributed by atoms with Gasteiger partial charge in [0.1, 0.15) is 0 Å². The largest absolute Gasteiger partial charge is 0.326 e. The molecule has 0 aromatic rings. The zero-order chi connectivity index (χ0) is 10.7. The Hall–Kier alpha value is -0.900. The minimum absolute atomic E-state index is 0.0752. The molecule has 2 atom stereocenters. The van der Waals surface area contributed by atoms with Gasteiger partial charge < -0.3 is 5.73 Å². The van der Waals surface area contributed by atoms with Crippen LogP contribution >= 0.6 is 0 Å². The molecule has 0 aliphatic carbocycles. The molecule has 4 heteroatoms. The first-order valence-corrected chi connectivity index (χ1v) is 5.15. The number of amides is 2. The highest BCUT2D eigenvalue weighted by molar-refractivity contribution is 6.01. The average Bonchev–Trinajstić information content (AvgIpc) is 2.48. The molecule has 1 fully saturated rings. The van der Waals surface area contributed by atoms with Gasteiger partial charge in [0.25, 0.3) is 0 Å². The van der Waals surface area contributed by atoms with Crippen molar-refractivity contribution in [3.05, 3.63) is 0 Å². The number of imide groups is 1. The van der Waals surface area contributed by atoms with Gasteiger partial charge in [-0.2, -0.15) is 0 Å². The number of hydrogen-bond donors (Lipinski definition) is 1. The average molecular weight is 198 g/mol. The van der Waals surface area contributed by atoms with Crippen molar-refractivity contribution in [2.45, 2.75) is 39.2 Å². The highest BCUT2D eigenvalue weighted by atomic mass is 16.2. The number of nitrogens with two attached hydrogens (primary N) is 1. The summed E-state index contributed by atoms with van der Waals surface area (Å²) in [6.07, 6.45) is 1.68. The first-order chi connectivity index (χ1) is 6.56. The number of nitrogens with zero attached hydrogens (tertiary/aromatic N) is 1. The fourth-order valence-electron chi connectivity index (χ4n) is 1.52. The molecule has 4 nitrogen and oxygen atoms in total. The third-order valence-corrected chi connectivity index (χ3v) is 2.92. The molecule has 1 heterocycles. The van der Waals surface area contributed by atoms with Crippen LogP contribution in [0.1, 0.15) is 33.1 Å². The van der Waals surface area contributed by atoms with Gasteiger partial charge in [-0.3, -0.25) is 14.5 Å². The Morgan fingerprint density at radius 1 is 1.36 bits per heavy atom. The van der Waals surface area contributed by atoms with Crippen molar-refractivity contribution >= 4 is 11.8 Å². The van der Waals surface area contributed by atoms with E-state index in [1.54, 1.807) is 0 Å². The van der Waals surface area contributed by atoms with Gasteiger partial charge in [0.2, 0.25) is 11.8 Å². The molecule has 80 valence electrons. The van der Waals surface area contributed by atoms with Crippen LogP contribution < -0.4 is 5.73 Å². The standard InChI is InChI=1S/C10H18N2O2/c1-3-7(2)8(11)6-12-9(13)4-5-10(12)14/h7-8H,3-6,11H2,1-2H3/t7-,8+/m1/s1. The molecule has 0 unspecified atom stereocenters. The van der Waals surface area contributed by atoms with Crippen molar-refractivity contribution in [2.24, 2.45) is 11.7 Å². The van der Waals surface area contributed by atoms with E-state index in [2.05, 4.69) is 6.92 Å². The van der Waals surface area contributed by atoms with Crippen LogP contribution in [0.5, 0.6) is 0 Å². The minimum Gasteiger partial charge on any atom is -0.326 e. The fraction of sp³-hybridized carbons (Fsp3) is 0.800. The Balaban J connectivity index is 2.50. The highest BCUT2D eigenvalue weighted by Gasteiger charge is 2.30. The molecule has 0 saturated carbocycles. The second-order valence-corrected chi connectivity index (χ2v) is 3.95. The molecule has 2 N–H and O–H groups in total. The van der Waals surface area contributed by atoms with Crippen molar-refractivity contribution < 1.29 is 9.59 Å². The van der Waals surface area contributed by atoms with Gasteiger partial charge in [-0.15, -0.1) is 0 Å². The first-order valence-electron chi connectivity index (χ1n) is 5.15. The Bertz CT molecular complexity index is 224. The van der Waals surface area contributed by atoms with E-state index in [1.807, 2.05) is 6.92 Å². The van der Waals surface area contributed by atoms with E-state index in [1.165, 1.54) is 4.90 Å². The normalized spacial score (nSPS) is 21.5. The predicted molar refractivity (Wildman–Crippen MR) is 53.4 cm³/mol. The van der Waals surface area contributed by atoms with Crippen LogP contribution in [-0.4, -0.2) is 29.3 Å². The van der Waals surface area contributed by atoms with Crippen LogP contribution in [0.2, 0.25) is 0 Å². The fourth-order valence-corrected chi connectivity index (χ4v) is 1.52. The van der Waals surface area contributed by atoms with E-state index >= 15 is 0 Å². The molecule has 0 spiro atoms. The summed E-state index contributed by atoms with van der Waals surface area (Å²) in [7, 11) is 0. The Morgan fingerprint density at radius 3 is 2.29 bits per heavy atom. The number of hydrogen-bond acceptors (Lipinski definition) is 3. The molecular formula is C10H18N2O2. The van der Waals surface area contributed by atoms with Crippen LogP contribution in [0.3, 0.4) is 0 Å². The van der Waals surface area contributed by atoms with Gasteiger partial charge in [-0.05, 0) is 5.92 Å². The van der Waals surface area contributed by atoms with Gasteiger partial charge in [0.15, 0.2) is 0 Å². The minimum atomic E-state index is -0.0917. The molecule has 0 aromatic carbocycles. The maximum absolute atomic E-state index is 11.3. The van der Waals surface area contributed by atoms with Crippen LogP contribution in [0.4, 0.5) is 0 Å². The molecule has 1 saturated heterocycles. The number of likely N-dealkylation sites (tertiary alicyclic amines) is 1. The number of carbonyl (C=O) groups excluding carboxylic acids is 2. The molecule has 0 bridgehead atoms. The van der Waals surface area contributed by atoms with Gasteiger partial charge in [0.05, 0.1) is 0 Å². The SMILES string of the molecule is CC[C@@H](C)[C@@H](N)CN1C(=O)CCC1=O. The monoisotopic (exact) mass is 198 g/mol. The van der Waals surface area contributed by atoms with Crippen LogP contribution in [0, 0.1) is 5.92 Å². The lowest BCUT2D eigenvalue weighted by atomic mass is 10.00. The first kappa shape index (κ1) is 11.2. The Labute approximate surface area is 84.4 Å². The summed E-state index contributed by atoms with van der Waals surface area (Å²) in [5.74, 6) is 0.193. The van der Waals surface area contributed by atoms with Crippen molar-refractivity contribution in [3.8, 4) is 0 Å². The lowest BCUT2D eigenvalue weighted by Crippen LogP contribution is -2.43. The molecule has 2 amide bonds. The van der Waals surface area contributed by atoms with E-state index < -0.39 is 0 Å². The van der Waals surface area contributed by atoms with Gasteiger partial charge in [0, 0.05) is 25.4 Å². The van der Waals surface area contributed by atoms with E-state index in [0.29, 0.717) is 25.3 Å². The van der Waals surface area contributed by atoms with E-state index in [-0.39, 0.29) is 17.9 Å². The molecule has 1 aliphatic rings. The number of carbonyl (C=O) groups is 2. The van der Waals surface area contributed by atoms with Crippen LogP contribution in [0.15, 0.2) is 0 Å². The van der Waals surface area contributed by atoms with Gasteiger partial charge >= 0.3 is 0 Å². The third-order valence-electron chi connectivity index (χ3n) is 2.92. The quantitative estimate of drug-likeness (QED) is 0.669. The summed E-state index contributed by atoms with van der Waals surface area (Å²) in [5.41, 5.74) is 5.89. The van der Waals surface area contributed by atoms with Crippen molar-refractivity contribution in [1.82, 2.24) is 4.90 Å². The second kappa shape index (κ2) is 4.55. The zero-order valence-electron chi connectivity index (χ0n) is 8.82. The molecule has 1 aliphatic heterocycles. The summed E-state index contributed by atoms with van der Waals surface area (Å²) >= 11 is 0. The van der Waals surface area contributed by atoms with E-state index in [0.717, 1.165) is 6.42 Å². The summed E-state index contributed by atoms with van der Waals surface area (Å²) in [6.45, 7) is 4.47. The van der Waals surface area contributed by atoms with Crippen LogP contribution in [-0.2, 0) is 9.59 Å². The topological polar surface area (TPSA) is 63.4 Å². The second-order valence-electron chi connectivity index (χ2n) is 3.95. The highest BCUT2D eigenvalue weighted by Crippen LogP contribution is 2.14. The van der Waals surface area contributed by atoms with Crippen LogP contribution in [0.25, 0.3) is 0 Å². The summed E-state index contributed by atoms with van der Waals surface area (Å²) in [6, 6.07) is -0.0917. The Morgan fingerprint density at radius 2 is 1.86 bits per heavy atom. The summed E-state index contributed by atoms with van der Waals surface area (Å²) in [5, 5.41) is 0. The summed E-state index contributed by atoms with van der Waals surface area (Å²) in [4.78, 5) is 23.9. The van der Waals surface area contributed by atoms with Gasteiger partial charge in [-0.25, -0.2) is 0 Å². The van der Waals surface area contributed by atoms with Crippen molar-refractivity contribution in [1.29, 1.82) is 0 Å². The van der Waals surface area contributed by atoms with Crippen molar-refractivity contribution in [2.75, 3.05) is 6.54 Å². The summed E-state index contributed by atoms with van der Waals surface area (Å²) < 4.78 is 0. The molecular weight excluding hydrogens is 180 g/mol. The molecule has 14 heavy (non-hydrogen) atoms. The lowest BCUT2D eigenvalue weighted by Gasteiger charge is -2.23. The molecule has 0 aromatic heterocycles. The maximum Gasteiger partial charge on any atom is 0.229 e. The predicted octanol–water partition coefficient (Wildman–Crippen LogP) is 0.509. The molecule has 0 radical (unpaired) electrons. The number of rotatable bonds is 4. The van der Waals surface area contributed by atoms with Gasteiger partial charge in [-0.1, -0.05) is 20.3 Å². The molecule has 1 rings (SSSR count). The zero-order valence-corrected chi connectivity index (χ0v) is 8.82. The lowest BCUT2D eigenvalue weighted by molar-refractivity contribution is -0.138. The Kier molecular flexibility index (Phi) is 3.63. The maximum atomic E-state index is 11.3. The third kappa shape index (κ3) is 2.32. The van der Waals surface area contributed by atoms with Crippen molar-refractivity contribution in [3.63, 3.8) is 0 Å².